The van der Waals surface area contributed by atoms with Gasteiger partial charge in [0, 0.05) is 25.3 Å². The molecular weight excluding hydrogens is 600 g/mol. The van der Waals surface area contributed by atoms with Crippen molar-refractivity contribution in [1.29, 1.82) is 0 Å². The highest BCUT2D eigenvalue weighted by atomic mass is 35.5. The number of ether oxygens (including phenoxy) is 2. The number of aryl methyl sites for hydroxylation is 4. The standard InChI is InChI=1S/C32H34O5.C6H9ClN2/c1-35-27-14-9-23(10-15-27)5-3-7-30(33)29(22-25-13-18-32-26(21-25)19-20-37-32)31(34)8-4-6-24-11-16-28(36-2)17-12-24;1-5-3-6(4-7)9(2)8-5/h9-21,29H,3-8,22H2,1-2H3;3H,4H2,1-2H3. The van der Waals surface area contributed by atoms with Gasteiger partial charge in [-0.1, -0.05) is 30.3 Å². The van der Waals surface area contributed by atoms with Crippen molar-refractivity contribution in [2.45, 2.75) is 57.7 Å². The Morgan fingerprint density at radius 1 is 0.804 bits per heavy atom. The number of methoxy groups -OCH3 is 2. The summed E-state index contributed by atoms with van der Waals surface area (Å²) >= 11 is 5.58. The summed E-state index contributed by atoms with van der Waals surface area (Å²) < 4.78 is 17.7. The van der Waals surface area contributed by atoms with Gasteiger partial charge < -0.3 is 13.9 Å². The third-order valence-corrected chi connectivity index (χ3v) is 8.34. The highest BCUT2D eigenvalue weighted by Gasteiger charge is 2.26. The molecule has 5 rings (SSSR count). The van der Waals surface area contributed by atoms with Crippen molar-refractivity contribution in [2.24, 2.45) is 13.0 Å². The van der Waals surface area contributed by atoms with Crippen LogP contribution in [-0.4, -0.2) is 35.6 Å². The summed E-state index contributed by atoms with van der Waals surface area (Å²) in [6.45, 7) is 1.95. The van der Waals surface area contributed by atoms with Gasteiger partial charge in [0.25, 0.3) is 0 Å². The van der Waals surface area contributed by atoms with Crippen molar-refractivity contribution in [3.63, 3.8) is 0 Å². The molecule has 0 aliphatic carbocycles. The van der Waals surface area contributed by atoms with Crippen LogP contribution in [0, 0.1) is 12.8 Å². The van der Waals surface area contributed by atoms with Gasteiger partial charge in [0.05, 0.1) is 43.7 Å². The molecular formula is C38H43ClN2O5. The SMILES string of the molecule is COc1ccc(CCCC(=O)C(Cc2ccc3occc3c2)C(=O)CCCc2ccc(OC)cc2)cc1.Cc1cc(CCl)n(C)n1. The molecule has 8 heteroatoms. The molecule has 0 fully saturated rings. The average Bonchev–Trinajstić information content (AvgIpc) is 3.68. The predicted molar refractivity (Wildman–Crippen MR) is 183 cm³/mol. The summed E-state index contributed by atoms with van der Waals surface area (Å²) in [6, 6.07) is 25.5. The van der Waals surface area contributed by atoms with E-state index < -0.39 is 5.92 Å². The Bertz CT molecular complexity index is 1620. The van der Waals surface area contributed by atoms with Crippen LogP contribution in [0.25, 0.3) is 11.0 Å². The van der Waals surface area contributed by atoms with Crippen molar-refractivity contribution in [1.82, 2.24) is 9.78 Å². The van der Waals surface area contributed by atoms with E-state index in [4.69, 9.17) is 25.5 Å². The Labute approximate surface area is 276 Å². The van der Waals surface area contributed by atoms with E-state index in [0.29, 0.717) is 38.0 Å². The number of fused-ring (bicyclic) bond motifs is 1. The molecule has 46 heavy (non-hydrogen) atoms. The summed E-state index contributed by atoms with van der Waals surface area (Å²) in [5.74, 6) is 1.59. The zero-order valence-electron chi connectivity index (χ0n) is 27.1. The lowest BCUT2D eigenvalue weighted by Gasteiger charge is -2.16. The Hall–Kier alpha value is -4.36. The van der Waals surface area contributed by atoms with Gasteiger partial charge in [-0.3, -0.25) is 14.3 Å². The number of carbonyl (C=O) groups excluding carboxylic acids is 2. The molecule has 0 radical (unpaired) electrons. The molecule has 0 saturated carbocycles. The highest BCUT2D eigenvalue weighted by molar-refractivity contribution is 6.16. The lowest BCUT2D eigenvalue weighted by molar-refractivity contribution is -0.132. The molecule has 0 saturated heterocycles. The van der Waals surface area contributed by atoms with E-state index >= 15 is 0 Å². The van der Waals surface area contributed by atoms with Crippen LogP contribution in [0.3, 0.4) is 0 Å². The van der Waals surface area contributed by atoms with Crippen molar-refractivity contribution in [3.05, 3.63) is 113 Å². The van der Waals surface area contributed by atoms with E-state index in [1.165, 1.54) is 0 Å². The molecule has 0 N–H and O–H groups in total. The number of hydrogen-bond donors (Lipinski definition) is 0. The fourth-order valence-corrected chi connectivity index (χ4v) is 5.69. The highest BCUT2D eigenvalue weighted by Crippen LogP contribution is 2.23. The van der Waals surface area contributed by atoms with E-state index in [9.17, 15) is 9.59 Å². The lowest BCUT2D eigenvalue weighted by atomic mass is 9.86. The van der Waals surface area contributed by atoms with Crippen LogP contribution in [-0.2, 0) is 41.8 Å². The number of aromatic nitrogens is 2. The largest absolute Gasteiger partial charge is 0.497 e. The monoisotopic (exact) mass is 642 g/mol. The first-order valence-electron chi connectivity index (χ1n) is 15.6. The van der Waals surface area contributed by atoms with Crippen molar-refractivity contribution < 1.29 is 23.5 Å². The summed E-state index contributed by atoms with van der Waals surface area (Å²) in [5, 5.41) is 5.10. The van der Waals surface area contributed by atoms with E-state index in [2.05, 4.69) is 5.10 Å². The molecule has 0 aliphatic heterocycles. The fraction of sp³-hybridized carbons (Fsp3) is 0.342. The van der Waals surface area contributed by atoms with Crippen molar-refractivity contribution in [2.75, 3.05) is 14.2 Å². The number of rotatable bonds is 15. The second-order valence-electron chi connectivity index (χ2n) is 11.4. The maximum absolute atomic E-state index is 13.3. The summed E-state index contributed by atoms with van der Waals surface area (Å²) in [5.41, 5.74) is 6.17. The molecule has 0 spiro atoms. The number of alkyl halides is 1. The van der Waals surface area contributed by atoms with Gasteiger partial charge in [0.2, 0.25) is 0 Å². The molecule has 3 aromatic carbocycles. The molecule has 0 unspecified atom stereocenters. The molecule has 0 bridgehead atoms. The Balaban J connectivity index is 0.000000459. The first-order chi connectivity index (χ1) is 22.3. The van der Waals surface area contributed by atoms with Crippen LogP contribution in [0.1, 0.15) is 53.8 Å². The van der Waals surface area contributed by atoms with E-state index in [0.717, 1.165) is 63.4 Å². The van der Waals surface area contributed by atoms with Crippen LogP contribution in [0.2, 0.25) is 0 Å². The van der Waals surface area contributed by atoms with Gasteiger partial charge in [0.1, 0.15) is 28.6 Å². The van der Waals surface area contributed by atoms with Crippen molar-refractivity contribution in [3.8, 4) is 11.5 Å². The zero-order valence-corrected chi connectivity index (χ0v) is 27.9. The maximum atomic E-state index is 13.3. The maximum Gasteiger partial charge on any atom is 0.143 e. The Kier molecular flexibility index (Phi) is 13.0. The lowest BCUT2D eigenvalue weighted by Crippen LogP contribution is -2.26. The summed E-state index contributed by atoms with van der Waals surface area (Å²) in [4.78, 5) is 26.6. The smallest absolute Gasteiger partial charge is 0.143 e. The average molecular weight is 643 g/mol. The Morgan fingerprint density at radius 2 is 1.35 bits per heavy atom. The molecule has 7 nitrogen and oxygen atoms in total. The summed E-state index contributed by atoms with van der Waals surface area (Å²) in [6.07, 6.45) is 5.83. The normalized spacial score (nSPS) is 10.9. The molecule has 2 aromatic heterocycles. The van der Waals surface area contributed by atoms with Crippen molar-refractivity contribution >= 4 is 34.1 Å². The molecule has 2 heterocycles. The first kappa shape index (κ1) is 34.5. The summed E-state index contributed by atoms with van der Waals surface area (Å²) in [7, 11) is 5.18. The number of benzene rings is 3. The number of hydrogen-bond acceptors (Lipinski definition) is 6. The zero-order chi connectivity index (χ0) is 32.9. The second kappa shape index (κ2) is 17.4. The van der Waals surface area contributed by atoms with Crippen LogP contribution in [0.15, 0.2) is 89.5 Å². The minimum absolute atomic E-state index is 0.0234. The van der Waals surface area contributed by atoms with Gasteiger partial charge in [-0.2, -0.15) is 5.10 Å². The fourth-order valence-electron chi connectivity index (χ4n) is 5.44. The number of furan rings is 1. The minimum Gasteiger partial charge on any atom is -0.497 e. The van der Waals surface area contributed by atoms with Crippen LogP contribution >= 0.6 is 11.6 Å². The molecule has 242 valence electrons. The van der Waals surface area contributed by atoms with Crippen LogP contribution in [0.5, 0.6) is 11.5 Å². The van der Waals surface area contributed by atoms with Gasteiger partial charge in [-0.15, -0.1) is 11.6 Å². The van der Waals surface area contributed by atoms with E-state index in [1.807, 2.05) is 92.8 Å². The first-order valence-corrected chi connectivity index (χ1v) is 16.2. The molecule has 5 aromatic rings. The molecule has 0 aliphatic rings. The third-order valence-electron chi connectivity index (χ3n) is 8.07. The third kappa shape index (κ3) is 10.1. The molecule has 0 amide bonds. The number of halogens is 1. The topological polar surface area (TPSA) is 83.6 Å². The second-order valence-corrected chi connectivity index (χ2v) is 11.7. The van der Waals surface area contributed by atoms with Gasteiger partial charge >= 0.3 is 0 Å². The number of nitrogens with zero attached hydrogens (tertiary/aromatic N) is 2. The number of ketones is 2. The quantitative estimate of drug-likeness (QED) is 0.0844. The van der Waals surface area contributed by atoms with Crippen LogP contribution < -0.4 is 9.47 Å². The Morgan fingerprint density at radius 3 is 1.80 bits per heavy atom. The predicted octanol–water partition coefficient (Wildman–Crippen LogP) is 8.26. The van der Waals surface area contributed by atoms with E-state index in [-0.39, 0.29) is 11.6 Å². The van der Waals surface area contributed by atoms with Gasteiger partial charge in [-0.25, -0.2) is 0 Å². The number of carbonyl (C=O) groups is 2. The van der Waals surface area contributed by atoms with E-state index in [1.54, 1.807) is 25.2 Å². The van der Waals surface area contributed by atoms with Crippen LogP contribution in [0.4, 0.5) is 0 Å². The minimum atomic E-state index is -0.629. The molecule has 0 atom stereocenters. The van der Waals surface area contributed by atoms with Gasteiger partial charge in [0.15, 0.2) is 0 Å². The van der Waals surface area contributed by atoms with Gasteiger partial charge in [-0.05, 0) is 104 Å². The number of Topliss-reactive ketones (excluding diaryl/α,β-unsaturated/α-hetero) is 2.